The highest BCUT2D eigenvalue weighted by molar-refractivity contribution is 9.10. The van der Waals surface area contributed by atoms with Gasteiger partial charge in [-0.05, 0) is 43.4 Å². The number of amides is 1. The third kappa shape index (κ3) is 2.69. The van der Waals surface area contributed by atoms with E-state index in [4.69, 9.17) is 0 Å². The second-order valence-electron chi connectivity index (χ2n) is 6.49. The zero-order valence-electron chi connectivity index (χ0n) is 12.9. The minimum Gasteiger partial charge on any atom is -0.342 e. The van der Waals surface area contributed by atoms with Crippen LogP contribution in [0, 0.1) is 0 Å². The summed E-state index contributed by atoms with van der Waals surface area (Å²) in [5, 5.41) is 4.23. The van der Waals surface area contributed by atoms with E-state index in [-0.39, 0.29) is 5.41 Å². The van der Waals surface area contributed by atoms with Crippen LogP contribution in [0.1, 0.15) is 37.3 Å². The van der Waals surface area contributed by atoms with E-state index in [2.05, 4.69) is 38.1 Å². The number of benzene rings is 1. The molecule has 0 N–H and O–H groups in total. The molecule has 2 aliphatic rings. The Morgan fingerprint density at radius 1 is 1.26 bits per heavy atom. The molecular weight excluding hydrogens is 356 g/mol. The maximum Gasteiger partial charge on any atom is 0.233 e. The van der Waals surface area contributed by atoms with Crippen LogP contribution in [0.4, 0.5) is 0 Å². The van der Waals surface area contributed by atoms with Gasteiger partial charge >= 0.3 is 0 Å². The predicted molar refractivity (Wildman–Crippen MR) is 89.9 cm³/mol. The monoisotopic (exact) mass is 374 g/mol. The number of rotatable bonds is 3. The molecule has 1 amide bonds. The van der Waals surface area contributed by atoms with Gasteiger partial charge in [0.05, 0.1) is 11.5 Å². The van der Waals surface area contributed by atoms with E-state index in [1.165, 1.54) is 0 Å². The summed E-state index contributed by atoms with van der Waals surface area (Å²) in [5.74, 6) is 0.299. The Kier molecular flexibility index (Phi) is 3.71. The Labute approximate surface area is 143 Å². The number of halogens is 1. The molecule has 120 valence electrons. The largest absolute Gasteiger partial charge is 0.342 e. The van der Waals surface area contributed by atoms with Crippen molar-refractivity contribution in [1.29, 1.82) is 0 Å². The average molecular weight is 375 g/mol. The Hall–Kier alpha value is -1.69. The van der Waals surface area contributed by atoms with Crippen LogP contribution < -0.4 is 0 Å². The van der Waals surface area contributed by atoms with Gasteiger partial charge in [-0.2, -0.15) is 5.10 Å². The van der Waals surface area contributed by atoms with E-state index in [0.29, 0.717) is 11.9 Å². The Morgan fingerprint density at radius 3 is 2.65 bits per heavy atom. The van der Waals surface area contributed by atoms with Crippen LogP contribution in [0.25, 0.3) is 0 Å². The summed E-state index contributed by atoms with van der Waals surface area (Å²) in [6.07, 6.45) is 7.17. The highest BCUT2D eigenvalue weighted by Gasteiger charge is 2.53. The van der Waals surface area contributed by atoms with Crippen molar-refractivity contribution in [3.05, 3.63) is 47.0 Å². The van der Waals surface area contributed by atoms with Crippen molar-refractivity contribution in [2.24, 2.45) is 0 Å². The summed E-state index contributed by atoms with van der Waals surface area (Å²) in [6, 6.07) is 8.56. The molecule has 1 aliphatic heterocycles. The summed E-state index contributed by atoms with van der Waals surface area (Å²) in [6.45, 7) is 1.61. The molecular formula is C17H19BrN4O. The molecule has 0 atom stereocenters. The number of hydrogen-bond donors (Lipinski definition) is 0. The zero-order chi connectivity index (χ0) is 15.9. The lowest BCUT2D eigenvalue weighted by Gasteiger charge is -2.34. The minimum atomic E-state index is -0.274. The maximum atomic E-state index is 13.1. The van der Waals surface area contributed by atoms with E-state index in [0.717, 1.165) is 48.8 Å². The fourth-order valence-corrected chi connectivity index (χ4v) is 3.98. The first-order valence-electron chi connectivity index (χ1n) is 8.09. The average Bonchev–Trinajstić information content (AvgIpc) is 3.21. The number of hydrogen-bond acceptors (Lipinski definition) is 3. The molecule has 0 radical (unpaired) electrons. The molecule has 5 nitrogen and oxygen atoms in total. The second kappa shape index (κ2) is 5.74. The molecule has 2 fully saturated rings. The van der Waals surface area contributed by atoms with Crippen LogP contribution in [0.5, 0.6) is 0 Å². The molecule has 1 saturated carbocycles. The number of nitrogens with zero attached hydrogens (tertiary/aromatic N) is 4. The zero-order valence-corrected chi connectivity index (χ0v) is 14.4. The fourth-order valence-electron chi connectivity index (χ4n) is 3.58. The Bertz CT molecular complexity index is 703. The maximum absolute atomic E-state index is 13.1. The topological polar surface area (TPSA) is 51.0 Å². The van der Waals surface area contributed by atoms with Crippen LogP contribution in [0.15, 0.2) is 41.4 Å². The van der Waals surface area contributed by atoms with Crippen LogP contribution in [0.3, 0.4) is 0 Å². The third-order valence-electron chi connectivity index (χ3n) is 5.10. The Morgan fingerprint density at radius 2 is 2.04 bits per heavy atom. The van der Waals surface area contributed by atoms with Gasteiger partial charge in [0.1, 0.15) is 12.7 Å². The van der Waals surface area contributed by atoms with E-state index in [9.17, 15) is 4.79 Å². The van der Waals surface area contributed by atoms with Crippen LogP contribution in [0.2, 0.25) is 0 Å². The molecule has 1 aromatic carbocycles. The molecule has 0 spiro atoms. The third-order valence-corrected chi connectivity index (χ3v) is 5.59. The molecule has 2 aromatic rings. The molecule has 1 saturated heterocycles. The smallest absolute Gasteiger partial charge is 0.233 e. The molecule has 1 aromatic heterocycles. The van der Waals surface area contributed by atoms with E-state index in [1.807, 2.05) is 21.7 Å². The van der Waals surface area contributed by atoms with Gasteiger partial charge in [-0.15, -0.1) is 0 Å². The standard InChI is InChI=1S/C17H19BrN4O/c18-14-3-1-2-13(10-14)17(6-7-17)16(23)21-8-4-15(5-9-21)22-12-19-11-20-22/h1-3,10-12,15H,4-9H2. The lowest BCUT2D eigenvalue weighted by Crippen LogP contribution is -2.44. The van der Waals surface area contributed by atoms with Gasteiger partial charge in [0.25, 0.3) is 0 Å². The van der Waals surface area contributed by atoms with Crippen molar-refractivity contribution in [3.63, 3.8) is 0 Å². The summed E-state index contributed by atoms with van der Waals surface area (Å²) in [7, 11) is 0. The molecule has 2 heterocycles. The summed E-state index contributed by atoms with van der Waals surface area (Å²) in [5.41, 5.74) is 0.874. The molecule has 23 heavy (non-hydrogen) atoms. The first kappa shape index (κ1) is 14.9. The number of likely N-dealkylation sites (tertiary alicyclic amines) is 1. The van der Waals surface area contributed by atoms with Crippen LogP contribution in [-0.4, -0.2) is 38.7 Å². The second-order valence-corrected chi connectivity index (χ2v) is 7.41. The molecule has 6 heteroatoms. The van der Waals surface area contributed by atoms with E-state index >= 15 is 0 Å². The van der Waals surface area contributed by atoms with Gasteiger partial charge in [-0.3, -0.25) is 4.79 Å². The summed E-state index contributed by atoms with van der Waals surface area (Å²) in [4.78, 5) is 19.1. The molecule has 4 rings (SSSR count). The minimum absolute atomic E-state index is 0.274. The van der Waals surface area contributed by atoms with E-state index in [1.54, 1.807) is 12.7 Å². The number of carbonyl (C=O) groups is 1. The molecule has 0 unspecified atom stereocenters. The van der Waals surface area contributed by atoms with Crippen molar-refractivity contribution in [2.45, 2.75) is 37.1 Å². The molecule has 0 bridgehead atoms. The predicted octanol–water partition coefficient (Wildman–Crippen LogP) is 2.94. The molecule has 1 aliphatic carbocycles. The van der Waals surface area contributed by atoms with Crippen molar-refractivity contribution in [2.75, 3.05) is 13.1 Å². The Balaban J connectivity index is 1.46. The first-order valence-corrected chi connectivity index (χ1v) is 8.88. The normalized spacial score (nSPS) is 20.5. The van der Waals surface area contributed by atoms with Crippen LogP contribution in [-0.2, 0) is 10.2 Å². The summed E-state index contributed by atoms with van der Waals surface area (Å²) < 4.78 is 2.96. The fraction of sp³-hybridized carbons (Fsp3) is 0.471. The number of aromatic nitrogens is 3. The SMILES string of the molecule is O=C(N1CCC(n2cncn2)CC1)C1(c2cccc(Br)c2)CC1. The van der Waals surface area contributed by atoms with Gasteiger partial charge in [-0.1, -0.05) is 28.1 Å². The lowest BCUT2D eigenvalue weighted by molar-refractivity contribution is -0.135. The number of piperidine rings is 1. The lowest BCUT2D eigenvalue weighted by atomic mass is 9.93. The summed E-state index contributed by atoms with van der Waals surface area (Å²) >= 11 is 3.52. The quantitative estimate of drug-likeness (QED) is 0.829. The van der Waals surface area contributed by atoms with Crippen LogP contribution >= 0.6 is 15.9 Å². The highest BCUT2D eigenvalue weighted by atomic mass is 79.9. The van der Waals surface area contributed by atoms with Gasteiger partial charge in [0.15, 0.2) is 0 Å². The highest BCUT2D eigenvalue weighted by Crippen LogP contribution is 2.50. The van der Waals surface area contributed by atoms with Gasteiger partial charge < -0.3 is 4.90 Å². The van der Waals surface area contributed by atoms with Gasteiger partial charge in [0, 0.05) is 17.6 Å². The van der Waals surface area contributed by atoms with Crippen molar-refractivity contribution < 1.29 is 4.79 Å². The van der Waals surface area contributed by atoms with Gasteiger partial charge in [0.2, 0.25) is 5.91 Å². The van der Waals surface area contributed by atoms with Crippen molar-refractivity contribution in [3.8, 4) is 0 Å². The van der Waals surface area contributed by atoms with Crippen molar-refractivity contribution in [1.82, 2.24) is 19.7 Å². The number of carbonyl (C=O) groups excluding carboxylic acids is 1. The van der Waals surface area contributed by atoms with Crippen molar-refractivity contribution >= 4 is 21.8 Å². The van der Waals surface area contributed by atoms with Gasteiger partial charge in [-0.25, -0.2) is 9.67 Å². The van der Waals surface area contributed by atoms with E-state index < -0.39 is 0 Å². The first-order chi connectivity index (χ1) is 11.2.